The summed E-state index contributed by atoms with van der Waals surface area (Å²) in [5.74, 6) is 0.0220. The zero-order chi connectivity index (χ0) is 19.1. The zero-order valence-corrected chi connectivity index (χ0v) is 14.1. The van der Waals surface area contributed by atoms with Crippen molar-refractivity contribution in [3.05, 3.63) is 66.5 Å². The number of aromatic nitrogens is 2. The van der Waals surface area contributed by atoms with Gasteiger partial charge in [-0.3, -0.25) is 5.10 Å². The van der Waals surface area contributed by atoms with E-state index in [4.69, 9.17) is 0 Å². The predicted molar refractivity (Wildman–Crippen MR) is 98.1 cm³/mol. The van der Waals surface area contributed by atoms with Gasteiger partial charge in [0.2, 0.25) is 0 Å². The largest absolute Gasteiger partial charge is 0.435 e. The van der Waals surface area contributed by atoms with E-state index in [-0.39, 0.29) is 5.75 Å². The molecule has 0 atom stereocenters. The van der Waals surface area contributed by atoms with Gasteiger partial charge in [0.25, 0.3) is 0 Å². The Kier molecular flexibility index (Phi) is 5.83. The first-order valence-electron chi connectivity index (χ1n) is 8.03. The van der Waals surface area contributed by atoms with Crippen LogP contribution in [-0.2, 0) is 6.54 Å². The van der Waals surface area contributed by atoms with E-state index in [9.17, 15) is 13.6 Å². The van der Waals surface area contributed by atoms with Crippen LogP contribution < -0.4 is 20.7 Å². The molecule has 0 spiro atoms. The highest BCUT2D eigenvalue weighted by atomic mass is 19.3. The molecule has 2 amide bonds. The highest BCUT2D eigenvalue weighted by Crippen LogP contribution is 2.18. The van der Waals surface area contributed by atoms with Crippen molar-refractivity contribution in [3.8, 4) is 5.75 Å². The Hall–Kier alpha value is -3.62. The molecule has 0 fully saturated rings. The standard InChI is InChI=1S/C18H17F2N5O2/c19-17(20)27-16-6-4-13(5-7-16)24-18(26)25-14-3-1-2-12(8-14)9-21-15-10-22-23-11-15/h1-8,10-11,17,21H,9H2,(H,22,23)(H2,24,25,26). The molecule has 0 aliphatic rings. The van der Waals surface area contributed by atoms with Gasteiger partial charge in [-0.25, -0.2) is 4.79 Å². The number of benzene rings is 2. The SMILES string of the molecule is O=C(Nc1ccc(OC(F)F)cc1)Nc1cccc(CNc2cn[nH]c2)c1. The van der Waals surface area contributed by atoms with Crippen LogP contribution >= 0.6 is 0 Å². The van der Waals surface area contributed by atoms with E-state index in [0.717, 1.165) is 11.3 Å². The van der Waals surface area contributed by atoms with E-state index >= 15 is 0 Å². The summed E-state index contributed by atoms with van der Waals surface area (Å²) in [4.78, 5) is 12.1. The molecule has 0 saturated heterocycles. The van der Waals surface area contributed by atoms with Crippen LogP contribution in [-0.4, -0.2) is 22.8 Å². The summed E-state index contributed by atoms with van der Waals surface area (Å²) < 4.78 is 28.5. The normalized spacial score (nSPS) is 10.5. The summed E-state index contributed by atoms with van der Waals surface area (Å²) in [6, 6.07) is 12.6. The first-order valence-corrected chi connectivity index (χ1v) is 8.03. The number of ether oxygens (including phenoxy) is 1. The van der Waals surface area contributed by atoms with Gasteiger partial charge in [0.15, 0.2) is 0 Å². The minimum atomic E-state index is -2.89. The van der Waals surface area contributed by atoms with Crippen LogP contribution in [0, 0.1) is 0 Å². The van der Waals surface area contributed by atoms with Gasteiger partial charge in [0.1, 0.15) is 5.75 Å². The van der Waals surface area contributed by atoms with Crippen LogP contribution in [0.2, 0.25) is 0 Å². The highest BCUT2D eigenvalue weighted by Gasteiger charge is 2.06. The number of urea groups is 1. The molecule has 0 radical (unpaired) electrons. The Balaban J connectivity index is 1.53. The van der Waals surface area contributed by atoms with Crippen LogP contribution in [0.5, 0.6) is 5.75 Å². The molecule has 1 aromatic heterocycles. The molecule has 1 heterocycles. The molecule has 3 aromatic rings. The molecule has 140 valence electrons. The Bertz CT molecular complexity index is 870. The number of alkyl halides is 2. The number of hydrogen-bond acceptors (Lipinski definition) is 4. The number of carbonyl (C=O) groups excluding carboxylic acids is 1. The zero-order valence-electron chi connectivity index (χ0n) is 14.1. The maximum atomic E-state index is 12.1. The third kappa shape index (κ3) is 5.70. The van der Waals surface area contributed by atoms with Crippen LogP contribution in [0.3, 0.4) is 0 Å². The lowest BCUT2D eigenvalue weighted by Gasteiger charge is -2.10. The molecular weight excluding hydrogens is 356 g/mol. The number of carbonyl (C=O) groups is 1. The van der Waals surface area contributed by atoms with Crippen molar-refractivity contribution >= 4 is 23.1 Å². The van der Waals surface area contributed by atoms with E-state index in [1.807, 2.05) is 18.2 Å². The molecule has 3 rings (SSSR count). The minimum absolute atomic E-state index is 0.0220. The Morgan fingerprint density at radius 3 is 2.56 bits per heavy atom. The van der Waals surface area contributed by atoms with Crippen LogP contribution in [0.15, 0.2) is 60.9 Å². The fourth-order valence-corrected chi connectivity index (χ4v) is 2.32. The second-order valence-electron chi connectivity index (χ2n) is 5.52. The van der Waals surface area contributed by atoms with Crippen molar-refractivity contribution in [1.29, 1.82) is 0 Å². The molecule has 27 heavy (non-hydrogen) atoms. The van der Waals surface area contributed by atoms with Gasteiger partial charge in [-0.05, 0) is 42.0 Å². The van der Waals surface area contributed by atoms with Gasteiger partial charge < -0.3 is 20.7 Å². The highest BCUT2D eigenvalue weighted by molar-refractivity contribution is 5.99. The first-order chi connectivity index (χ1) is 13.1. The van der Waals surface area contributed by atoms with Gasteiger partial charge in [-0.2, -0.15) is 13.9 Å². The number of nitrogens with zero attached hydrogens (tertiary/aromatic N) is 1. The molecule has 0 aliphatic heterocycles. The smallest absolute Gasteiger partial charge is 0.387 e. The van der Waals surface area contributed by atoms with Gasteiger partial charge >= 0.3 is 12.6 Å². The average molecular weight is 373 g/mol. The van der Waals surface area contributed by atoms with Crippen molar-refractivity contribution in [1.82, 2.24) is 10.2 Å². The summed E-state index contributed by atoms with van der Waals surface area (Å²) in [5.41, 5.74) is 2.91. The number of hydrogen-bond donors (Lipinski definition) is 4. The maximum Gasteiger partial charge on any atom is 0.387 e. The Morgan fingerprint density at radius 2 is 1.85 bits per heavy atom. The van der Waals surface area contributed by atoms with Crippen LogP contribution in [0.1, 0.15) is 5.56 Å². The van der Waals surface area contributed by atoms with Crippen molar-refractivity contribution < 1.29 is 18.3 Å². The second kappa shape index (κ2) is 8.65. The lowest BCUT2D eigenvalue weighted by Crippen LogP contribution is -2.19. The number of halogens is 2. The summed E-state index contributed by atoms with van der Waals surface area (Å²) in [6.07, 6.45) is 3.42. The lowest BCUT2D eigenvalue weighted by molar-refractivity contribution is -0.0498. The molecule has 9 heteroatoms. The van der Waals surface area contributed by atoms with Gasteiger partial charge in [0.05, 0.1) is 11.9 Å². The van der Waals surface area contributed by atoms with Crippen molar-refractivity contribution in [2.75, 3.05) is 16.0 Å². The predicted octanol–water partition coefficient (Wildman–Crippen LogP) is 4.27. The molecular formula is C18H17F2N5O2. The van der Waals surface area contributed by atoms with Crippen LogP contribution in [0.4, 0.5) is 30.6 Å². The topological polar surface area (TPSA) is 91.1 Å². The van der Waals surface area contributed by atoms with E-state index in [1.165, 1.54) is 24.3 Å². The molecule has 4 N–H and O–H groups in total. The Morgan fingerprint density at radius 1 is 1.07 bits per heavy atom. The van der Waals surface area contributed by atoms with Gasteiger partial charge in [0, 0.05) is 24.1 Å². The molecule has 0 saturated carbocycles. The molecule has 0 aliphatic carbocycles. The molecule has 7 nitrogen and oxygen atoms in total. The first kappa shape index (κ1) is 18.2. The second-order valence-corrected chi connectivity index (χ2v) is 5.52. The number of H-pyrrole nitrogens is 1. The number of aromatic amines is 1. The molecule has 0 unspecified atom stereocenters. The fourth-order valence-electron chi connectivity index (χ4n) is 2.32. The van der Waals surface area contributed by atoms with E-state index in [1.54, 1.807) is 18.5 Å². The third-order valence-electron chi connectivity index (χ3n) is 3.52. The number of anilines is 3. The summed E-state index contributed by atoms with van der Waals surface area (Å²) in [7, 11) is 0. The average Bonchev–Trinajstić information content (AvgIpc) is 3.15. The number of rotatable bonds is 7. The lowest BCUT2D eigenvalue weighted by atomic mass is 10.2. The van der Waals surface area contributed by atoms with Gasteiger partial charge in [-0.1, -0.05) is 12.1 Å². The van der Waals surface area contributed by atoms with Crippen LogP contribution in [0.25, 0.3) is 0 Å². The molecule has 2 aromatic carbocycles. The quantitative estimate of drug-likeness (QED) is 0.498. The van der Waals surface area contributed by atoms with Gasteiger partial charge in [-0.15, -0.1) is 0 Å². The van der Waals surface area contributed by atoms with E-state index < -0.39 is 12.6 Å². The maximum absolute atomic E-state index is 12.1. The van der Waals surface area contributed by atoms with Crippen molar-refractivity contribution in [2.24, 2.45) is 0 Å². The summed E-state index contributed by atoms with van der Waals surface area (Å²) in [6.45, 7) is -2.31. The number of amides is 2. The number of nitrogens with one attached hydrogen (secondary N) is 4. The third-order valence-corrected chi connectivity index (χ3v) is 3.52. The van der Waals surface area contributed by atoms with E-state index in [0.29, 0.717) is 17.9 Å². The minimum Gasteiger partial charge on any atom is -0.435 e. The monoisotopic (exact) mass is 373 g/mol. The van der Waals surface area contributed by atoms with E-state index in [2.05, 4.69) is 30.9 Å². The molecule has 0 bridgehead atoms. The Labute approximate surface area is 153 Å². The van der Waals surface area contributed by atoms with Crippen molar-refractivity contribution in [2.45, 2.75) is 13.2 Å². The fraction of sp³-hybridized carbons (Fsp3) is 0.111. The van der Waals surface area contributed by atoms with Crippen molar-refractivity contribution in [3.63, 3.8) is 0 Å². The summed E-state index contributed by atoms with van der Waals surface area (Å²) in [5, 5.41) is 15.1. The summed E-state index contributed by atoms with van der Waals surface area (Å²) >= 11 is 0.